The number of rotatable bonds is 5. The van der Waals surface area contributed by atoms with Crippen LogP contribution in [0.5, 0.6) is 5.75 Å². The van der Waals surface area contributed by atoms with Gasteiger partial charge in [0.2, 0.25) is 0 Å². The summed E-state index contributed by atoms with van der Waals surface area (Å²) in [6, 6.07) is 5.20. The van der Waals surface area contributed by atoms with E-state index in [4.69, 9.17) is 4.74 Å². The van der Waals surface area contributed by atoms with Crippen molar-refractivity contribution in [1.82, 2.24) is 0 Å². The van der Waals surface area contributed by atoms with Crippen LogP contribution in [0.3, 0.4) is 0 Å². The molecule has 0 aliphatic rings. The molecule has 82 valence electrons. The molecular formula is C12H15FO2. The lowest BCUT2D eigenvalue weighted by molar-refractivity contribution is -0.107. The molecule has 0 spiro atoms. The fourth-order valence-electron chi connectivity index (χ4n) is 1.46. The molecule has 15 heavy (non-hydrogen) atoms. The van der Waals surface area contributed by atoms with E-state index in [1.807, 2.05) is 0 Å². The van der Waals surface area contributed by atoms with Crippen LogP contribution in [0.1, 0.15) is 30.6 Å². The van der Waals surface area contributed by atoms with Crippen LogP contribution >= 0.6 is 0 Å². The van der Waals surface area contributed by atoms with E-state index in [-0.39, 0.29) is 0 Å². The van der Waals surface area contributed by atoms with E-state index in [1.54, 1.807) is 25.3 Å². The van der Waals surface area contributed by atoms with Gasteiger partial charge < -0.3 is 9.53 Å². The van der Waals surface area contributed by atoms with Crippen LogP contribution in [0.15, 0.2) is 18.2 Å². The Balaban J connectivity index is 2.96. The molecule has 0 bridgehead atoms. The van der Waals surface area contributed by atoms with Gasteiger partial charge >= 0.3 is 0 Å². The van der Waals surface area contributed by atoms with Crippen molar-refractivity contribution in [2.45, 2.75) is 25.9 Å². The summed E-state index contributed by atoms with van der Waals surface area (Å²) in [6.45, 7) is 1.49. The molecule has 0 saturated heterocycles. The van der Waals surface area contributed by atoms with E-state index in [2.05, 4.69) is 0 Å². The van der Waals surface area contributed by atoms with Gasteiger partial charge in [-0.2, -0.15) is 0 Å². The molecule has 0 aromatic heterocycles. The SMILES string of the molecule is COc1ccc(C(C)F)cc1CCC=O. The molecule has 3 heteroatoms. The molecule has 0 fully saturated rings. The summed E-state index contributed by atoms with van der Waals surface area (Å²) >= 11 is 0. The van der Waals surface area contributed by atoms with E-state index < -0.39 is 6.17 Å². The zero-order chi connectivity index (χ0) is 11.3. The average Bonchev–Trinajstić information content (AvgIpc) is 2.25. The Morgan fingerprint density at radius 1 is 1.53 bits per heavy atom. The number of aryl methyl sites for hydroxylation is 1. The summed E-state index contributed by atoms with van der Waals surface area (Å²) in [5.74, 6) is 0.709. The predicted molar refractivity (Wildman–Crippen MR) is 56.9 cm³/mol. The van der Waals surface area contributed by atoms with Gasteiger partial charge in [-0.05, 0) is 36.6 Å². The van der Waals surface area contributed by atoms with Gasteiger partial charge in [-0.1, -0.05) is 6.07 Å². The fraction of sp³-hybridized carbons (Fsp3) is 0.417. The molecule has 0 aliphatic carbocycles. The van der Waals surface area contributed by atoms with Crippen molar-refractivity contribution in [3.63, 3.8) is 0 Å². The van der Waals surface area contributed by atoms with E-state index in [9.17, 15) is 9.18 Å². The van der Waals surface area contributed by atoms with Crippen LogP contribution in [0.4, 0.5) is 4.39 Å². The molecule has 0 heterocycles. The number of ether oxygens (including phenoxy) is 1. The van der Waals surface area contributed by atoms with Crippen molar-refractivity contribution >= 4 is 6.29 Å². The lowest BCUT2D eigenvalue weighted by atomic mass is 10.0. The highest BCUT2D eigenvalue weighted by Crippen LogP contribution is 2.25. The van der Waals surface area contributed by atoms with Crippen LogP contribution in [0, 0.1) is 0 Å². The van der Waals surface area contributed by atoms with Crippen LogP contribution in [-0.2, 0) is 11.2 Å². The number of carbonyl (C=O) groups is 1. The number of carbonyl (C=O) groups excluding carboxylic acids is 1. The van der Waals surface area contributed by atoms with Crippen molar-refractivity contribution in [3.05, 3.63) is 29.3 Å². The number of benzene rings is 1. The van der Waals surface area contributed by atoms with Gasteiger partial charge in [0.05, 0.1) is 7.11 Å². The van der Waals surface area contributed by atoms with E-state index >= 15 is 0 Å². The smallest absolute Gasteiger partial charge is 0.122 e. The first kappa shape index (κ1) is 11.7. The Morgan fingerprint density at radius 3 is 2.80 bits per heavy atom. The molecule has 0 saturated carbocycles. The second-order valence-electron chi connectivity index (χ2n) is 3.39. The van der Waals surface area contributed by atoms with Gasteiger partial charge in [0.1, 0.15) is 18.2 Å². The zero-order valence-electron chi connectivity index (χ0n) is 9.00. The summed E-state index contributed by atoms with van der Waals surface area (Å²) in [4.78, 5) is 10.3. The number of alkyl halides is 1. The van der Waals surface area contributed by atoms with Crippen molar-refractivity contribution in [2.75, 3.05) is 7.11 Å². The maximum Gasteiger partial charge on any atom is 0.122 e. The summed E-state index contributed by atoms with van der Waals surface area (Å²) in [5, 5.41) is 0. The molecule has 1 atom stereocenters. The first-order chi connectivity index (χ1) is 7.19. The molecule has 0 aliphatic heterocycles. The number of methoxy groups -OCH3 is 1. The van der Waals surface area contributed by atoms with Crippen molar-refractivity contribution in [1.29, 1.82) is 0 Å². The van der Waals surface area contributed by atoms with E-state index in [1.165, 1.54) is 6.92 Å². The summed E-state index contributed by atoms with van der Waals surface area (Å²) in [5.41, 5.74) is 1.50. The number of hydrogen-bond donors (Lipinski definition) is 0. The Labute approximate surface area is 89.1 Å². The van der Waals surface area contributed by atoms with Crippen molar-refractivity contribution in [2.24, 2.45) is 0 Å². The fourth-order valence-corrected chi connectivity index (χ4v) is 1.46. The molecule has 1 aromatic rings. The van der Waals surface area contributed by atoms with Gasteiger partial charge in [0.15, 0.2) is 0 Å². The topological polar surface area (TPSA) is 26.3 Å². The molecule has 2 nitrogen and oxygen atoms in total. The van der Waals surface area contributed by atoms with Crippen LogP contribution in [0.2, 0.25) is 0 Å². The number of aldehydes is 1. The highest BCUT2D eigenvalue weighted by molar-refractivity contribution is 5.51. The quantitative estimate of drug-likeness (QED) is 0.698. The Hall–Kier alpha value is -1.38. The van der Waals surface area contributed by atoms with Gasteiger partial charge in [0.25, 0.3) is 0 Å². The minimum atomic E-state index is -0.995. The first-order valence-electron chi connectivity index (χ1n) is 4.93. The number of halogens is 1. The highest BCUT2D eigenvalue weighted by Gasteiger charge is 2.08. The van der Waals surface area contributed by atoms with Crippen LogP contribution < -0.4 is 4.74 Å². The summed E-state index contributed by atoms with van der Waals surface area (Å²) in [7, 11) is 1.57. The molecule has 0 amide bonds. The normalized spacial score (nSPS) is 12.2. The zero-order valence-corrected chi connectivity index (χ0v) is 9.00. The largest absolute Gasteiger partial charge is 0.496 e. The van der Waals surface area contributed by atoms with Gasteiger partial charge in [-0.15, -0.1) is 0 Å². The van der Waals surface area contributed by atoms with Crippen molar-refractivity contribution < 1.29 is 13.9 Å². The molecule has 1 rings (SSSR count). The Kier molecular flexibility index (Phi) is 4.28. The standard InChI is InChI=1S/C12H15FO2/c1-9(13)10-5-6-12(15-2)11(8-10)4-3-7-14/h5-9H,3-4H2,1-2H3. The Morgan fingerprint density at radius 2 is 2.27 bits per heavy atom. The molecule has 1 unspecified atom stereocenters. The molecule has 0 radical (unpaired) electrons. The van der Waals surface area contributed by atoms with E-state index in [0.29, 0.717) is 24.2 Å². The third-order valence-electron chi connectivity index (χ3n) is 2.30. The lowest BCUT2D eigenvalue weighted by Crippen LogP contribution is -1.96. The number of hydrogen-bond acceptors (Lipinski definition) is 2. The maximum atomic E-state index is 13.1. The average molecular weight is 210 g/mol. The van der Waals surface area contributed by atoms with E-state index in [0.717, 1.165) is 11.8 Å². The van der Waals surface area contributed by atoms with Gasteiger partial charge in [0, 0.05) is 6.42 Å². The maximum absolute atomic E-state index is 13.1. The third kappa shape index (κ3) is 3.05. The third-order valence-corrected chi connectivity index (χ3v) is 2.30. The first-order valence-corrected chi connectivity index (χ1v) is 4.93. The van der Waals surface area contributed by atoms with Crippen molar-refractivity contribution in [3.8, 4) is 5.75 Å². The predicted octanol–water partition coefficient (Wildman–Crippen LogP) is 2.86. The van der Waals surface area contributed by atoms with Crippen LogP contribution in [-0.4, -0.2) is 13.4 Å². The molecule has 1 aromatic carbocycles. The van der Waals surface area contributed by atoms with Crippen LogP contribution in [0.25, 0.3) is 0 Å². The Bertz CT molecular complexity index is 334. The minimum Gasteiger partial charge on any atom is -0.496 e. The molecular weight excluding hydrogens is 195 g/mol. The monoisotopic (exact) mass is 210 g/mol. The summed E-state index contributed by atoms with van der Waals surface area (Å²) in [6.07, 6.45) is 0.879. The second kappa shape index (κ2) is 5.49. The second-order valence-corrected chi connectivity index (χ2v) is 3.39. The minimum absolute atomic E-state index is 0.431. The highest BCUT2D eigenvalue weighted by atomic mass is 19.1. The van der Waals surface area contributed by atoms with Gasteiger partial charge in [-0.25, -0.2) is 4.39 Å². The summed E-state index contributed by atoms with van der Waals surface area (Å²) < 4.78 is 18.2. The van der Waals surface area contributed by atoms with Gasteiger partial charge in [-0.3, -0.25) is 0 Å². The molecule has 0 N–H and O–H groups in total. The lowest BCUT2D eigenvalue weighted by Gasteiger charge is -2.10.